The zero-order valence-corrected chi connectivity index (χ0v) is 30.9. The number of thioether (sulfide) groups is 1. The second-order valence-electron chi connectivity index (χ2n) is 12.6. The van der Waals surface area contributed by atoms with Crippen LogP contribution in [-0.4, -0.2) is 82.8 Å². The van der Waals surface area contributed by atoms with Crippen LogP contribution in [0, 0.1) is 0 Å². The number of esters is 2. The van der Waals surface area contributed by atoms with Crippen molar-refractivity contribution in [2.45, 2.75) is 173 Å². The molecule has 3 atom stereocenters. The van der Waals surface area contributed by atoms with Gasteiger partial charge in [-0.15, -0.1) is 11.8 Å². The van der Waals surface area contributed by atoms with E-state index in [0.29, 0.717) is 6.42 Å². The zero-order valence-electron chi connectivity index (χ0n) is 30.1. The van der Waals surface area contributed by atoms with Crippen LogP contribution in [-0.2, 0) is 33.4 Å². The lowest BCUT2D eigenvalue weighted by molar-refractivity contribution is -0.149. The average molecular weight is 703 g/mol. The Balaban J connectivity index is 4.91. The molecule has 0 radical (unpaired) electrons. The maximum atomic E-state index is 13.1. The lowest BCUT2D eigenvalue weighted by Crippen LogP contribution is -2.53. The standard InChI is InChI=1S/C36H66N2O9S/c1-4-6-8-10-12-14-16-18-20-22-24-46-33(41)26-32(36(45)47-25-23-21-19-17-15-13-11-9-7-5-2)48-28-31(37-29(3)40)34(42)38-30(27-39)35(43)44/h30-32,39H,4-28H2,1-3H3,(H,37,40)(H,38,42)(H,43,44)/t30-,31-,32?/m0/s1. The Hall–Kier alpha value is -2.34. The topological polar surface area (TPSA) is 168 Å². The number of ether oxygens (including phenoxy) is 2. The second kappa shape index (κ2) is 31.9. The molecule has 0 aromatic rings. The third-order valence-electron chi connectivity index (χ3n) is 8.07. The van der Waals surface area contributed by atoms with Crippen molar-refractivity contribution in [1.82, 2.24) is 10.6 Å². The lowest BCUT2D eigenvalue weighted by Gasteiger charge is -2.22. The number of aliphatic carboxylic acids is 1. The number of carbonyl (C=O) groups excluding carboxylic acids is 4. The van der Waals surface area contributed by atoms with Crippen LogP contribution in [0.4, 0.5) is 0 Å². The monoisotopic (exact) mass is 702 g/mol. The van der Waals surface area contributed by atoms with Crippen molar-refractivity contribution in [2.24, 2.45) is 0 Å². The first-order valence-corrected chi connectivity index (χ1v) is 19.6. The lowest BCUT2D eigenvalue weighted by atomic mass is 10.1. The van der Waals surface area contributed by atoms with Gasteiger partial charge in [0.1, 0.15) is 17.3 Å². The Bertz CT molecular complexity index is 874. The van der Waals surface area contributed by atoms with Crippen LogP contribution >= 0.6 is 11.8 Å². The molecule has 0 fully saturated rings. The van der Waals surface area contributed by atoms with Gasteiger partial charge in [-0.25, -0.2) is 4.79 Å². The minimum Gasteiger partial charge on any atom is -0.480 e. The number of aliphatic hydroxyl groups excluding tert-OH is 1. The Morgan fingerprint density at radius 3 is 1.48 bits per heavy atom. The number of hydrogen-bond acceptors (Lipinski definition) is 9. The highest BCUT2D eigenvalue weighted by Crippen LogP contribution is 2.20. The maximum absolute atomic E-state index is 13.1. The molecule has 0 rings (SSSR count). The smallest absolute Gasteiger partial charge is 0.328 e. The fraction of sp³-hybridized carbons (Fsp3) is 0.861. The van der Waals surface area contributed by atoms with E-state index in [2.05, 4.69) is 24.5 Å². The van der Waals surface area contributed by atoms with Crippen LogP contribution in [0.15, 0.2) is 0 Å². The SMILES string of the molecule is CCCCCCCCCCCCOC(=O)CC(SC[C@H](NC(C)=O)C(=O)N[C@@H](CO)C(=O)O)C(=O)OCCCCCCCCCCCC. The second-order valence-corrected chi connectivity index (χ2v) is 13.8. The Kier molecular flexibility index (Phi) is 30.3. The summed E-state index contributed by atoms with van der Waals surface area (Å²) in [5.41, 5.74) is 0. The highest BCUT2D eigenvalue weighted by Gasteiger charge is 2.30. The summed E-state index contributed by atoms with van der Waals surface area (Å²) in [7, 11) is 0. The zero-order chi connectivity index (χ0) is 35.8. The maximum Gasteiger partial charge on any atom is 0.328 e. The predicted molar refractivity (Wildman–Crippen MR) is 191 cm³/mol. The molecular formula is C36H66N2O9S. The Morgan fingerprint density at radius 1 is 0.625 bits per heavy atom. The molecule has 0 saturated carbocycles. The molecule has 1 unspecified atom stereocenters. The summed E-state index contributed by atoms with van der Waals surface area (Å²) < 4.78 is 10.9. The van der Waals surface area contributed by atoms with Gasteiger partial charge in [0.05, 0.1) is 26.2 Å². The third kappa shape index (κ3) is 26.6. The average Bonchev–Trinajstić information content (AvgIpc) is 3.05. The predicted octanol–water partition coefficient (Wildman–Crippen LogP) is 6.47. The first kappa shape index (κ1) is 45.7. The van der Waals surface area contributed by atoms with Crippen LogP contribution in [0.3, 0.4) is 0 Å². The summed E-state index contributed by atoms with van der Waals surface area (Å²) in [5.74, 6) is -4.09. The number of carboxylic acid groups (broad SMARTS) is 1. The van der Waals surface area contributed by atoms with Gasteiger partial charge in [-0.3, -0.25) is 19.2 Å². The molecule has 4 N–H and O–H groups in total. The third-order valence-corrected chi connectivity index (χ3v) is 9.36. The van der Waals surface area contributed by atoms with E-state index in [9.17, 15) is 34.2 Å². The van der Waals surface area contributed by atoms with Crippen LogP contribution in [0.25, 0.3) is 0 Å². The van der Waals surface area contributed by atoms with Gasteiger partial charge < -0.3 is 30.3 Å². The fourth-order valence-corrected chi connectivity index (χ4v) is 6.27. The Labute approximate surface area is 293 Å². The summed E-state index contributed by atoms with van der Waals surface area (Å²) >= 11 is 0.961. The van der Waals surface area contributed by atoms with E-state index < -0.39 is 53.7 Å². The quantitative estimate of drug-likeness (QED) is 0.0439. The van der Waals surface area contributed by atoms with Crippen molar-refractivity contribution in [1.29, 1.82) is 0 Å². The van der Waals surface area contributed by atoms with Gasteiger partial charge in [0.15, 0.2) is 0 Å². The Morgan fingerprint density at radius 2 is 1.06 bits per heavy atom. The highest BCUT2D eigenvalue weighted by molar-refractivity contribution is 8.00. The number of amides is 2. The number of hydrogen-bond donors (Lipinski definition) is 4. The van der Waals surface area contributed by atoms with Gasteiger partial charge in [0.2, 0.25) is 11.8 Å². The minimum atomic E-state index is -1.55. The number of aliphatic hydroxyl groups is 1. The molecular weight excluding hydrogens is 636 g/mol. The van der Waals surface area contributed by atoms with Gasteiger partial charge in [0.25, 0.3) is 0 Å². The summed E-state index contributed by atoms with van der Waals surface area (Å²) in [5, 5.41) is 22.1. The molecule has 0 aromatic carbocycles. The molecule has 0 aliphatic heterocycles. The first-order valence-electron chi connectivity index (χ1n) is 18.5. The van der Waals surface area contributed by atoms with E-state index in [1.165, 1.54) is 84.0 Å². The van der Waals surface area contributed by atoms with E-state index >= 15 is 0 Å². The molecule has 48 heavy (non-hydrogen) atoms. The molecule has 0 saturated heterocycles. The summed E-state index contributed by atoms with van der Waals surface area (Å²) in [4.78, 5) is 61.6. The summed E-state index contributed by atoms with van der Waals surface area (Å²) in [6, 6.07) is -2.76. The normalized spacial score (nSPS) is 12.9. The largest absolute Gasteiger partial charge is 0.480 e. The summed E-state index contributed by atoms with van der Waals surface area (Å²) in [6.45, 7) is 5.26. The van der Waals surface area contributed by atoms with E-state index in [4.69, 9.17) is 9.47 Å². The van der Waals surface area contributed by atoms with Gasteiger partial charge in [-0.2, -0.15) is 0 Å². The highest BCUT2D eigenvalue weighted by atomic mass is 32.2. The van der Waals surface area contributed by atoms with Gasteiger partial charge in [0, 0.05) is 12.7 Å². The van der Waals surface area contributed by atoms with E-state index in [1.54, 1.807) is 0 Å². The molecule has 12 heteroatoms. The molecule has 280 valence electrons. The van der Waals surface area contributed by atoms with Gasteiger partial charge in [-0.1, -0.05) is 129 Å². The van der Waals surface area contributed by atoms with Crippen molar-refractivity contribution in [3.8, 4) is 0 Å². The van der Waals surface area contributed by atoms with Crippen molar-refractivity contribution in [3.05, 3.63) is 0 Å². The number of unbranched alkanes of at least 4 members (excludes halogenated alkanes) is 18. The van der Waals surface area contributed by atoms with Crippen molar-refractivity contribution < 1.29 is 43.7 Å². The molecule has 0 aliphatic rings. The minimum absolute atomic E-state index is 0.132. The summed E-state index contributed by atoms with van der Waals surface area (Å²) in [6.07, 6.45) is 22.7. The van der Waals surface area contributed by atoms with Crippen molar-refractivity contribution >= 4 is 41.5 Å². The van der Waals surface area contributed by atoms with Crippen molar-refractivity contribution in [3.63, 3.8) is 0 Å². The van der Waals surface area contributed by atoms with Gasteiger partial charge in [-0.05, 0) is 12.8 Å². The number of rotatable bonds is 33. The number of carbonyl (C=O) groups is 5. The molecule has 0 aromatic heterocycles. The molecule has 11 nitrogen and oxygen atoms in total. The van der Waals surface area contributed by atoms with Crippen LogP contribution in [0.1, 0.15) is 156 Å². The first-order chi connectivity index (χ1) is 23.2. The van der Waals surface area contributed by atoms with Crippen LogP contribution < -0.4 is 10.6 Å². The molecule has 0 aliphatic carbocycles. The number of carboxylic acids is 1. The fourth-order valence-electron chi connectivity index (χ4n) is 5.15. The molecule has 0 heterocycles. The van der Waals surface area contributed by atoms with Crippen molar-refractivity contribution in [2.75, 3.05) is 25.6 Å². The van der Waals surface area contributed by atoms with Crippen LogP contribution in [0.2, 0.25) is 0 Å². The van der Waals surface area contributed by atoms with E-state index in [0.717, 1.165) is 56.7 Å². The van der Waals surface area contributed by atoms with Gasteiger partial charge >= 0.3 is 17.9 Å². The van der Waals surface area contributed by atoms with E-state index in [1.807, 2.05) is 0 Å². The van der Waals surface area contributed by atoms with E-state index in [-0.39, 0.29) is 25.4 Å². The molecule has 0 spiro atoms. The van der Waals surface area contributed by atoms with Crippen LogP contribution in [0.5, 0.6) is 0 Å². The molecule has 2 amide bonds. The number of nitrogens with one attached hydrogen (secondary N) is 2. The molecule has 0 bridgehead atoms.